The number of hydrogen-bond donors (Lipinski definition) is 2. The summed E-state index contributed by atoms with van der Waals surface area (Å²) >= 11 is 1.22. The van der Waals surface area contributed by atoms with Crippen LogP contribution >= 0.6 is 11.3 Å². The summed E-state index contributed by atoms with van der Waals surface area (Å²) in [6.45, 7) is 2.67. The number of anilines is 2. The minimum atomic E-state index is -5.19. The largest absolute Gasteiger partial charge is 0.491 e. The molecule has 2 N–H and O–H groups in total. The maximum Gasteiger partial charge on any atom is 0.491 e. The summed E-state index contributed by atoms with van der Waals surface area (Å²) in [6, 6.07) is 11.5. The zero-order valence-corrected chi connectivity index (χ0v) is 16.8. The maximum absolute atomic E-state index is 12.8. The Kier molecular flexibility index (Phi) is 5.79. The fraction of sp³-hybridized carbons (Fsp3) is 0.250. The van der Waals surface area contributed by atoms with E-state index >= 15 is 0 Å². The molecule has 1 fully saturated rings. The van der Waals surface area contributed by atoms with Crippen LogP contribution in [-0.4, -0.2) is 49.2 Å². The van der Waals surface area contributed by atoms with Gasteiger partial charge in [-0.15, -0.1) is 0 Å². The number of nitrogens with one attached hydrogen (secondary N) is 2. The van der Waals surface area contributed by atoms with Gasteiger partial charge in [0, 0.05) is 37.9 Å². The third kappa shape index (κ3) is 4.78. The van der Waals surface area contributed by atoms with E-state index in [0.29, 0.717) is 37.4 Å². The summed E-state index contributed by atoms with van der Waals surface area (Å²) in [5, 5.41) is 6.03. The van der Waals surface area contributed by atoms with Gasteiger partial charge in [-0.2, -0.15) is 13.2 Å². The fourth-order valence-corrected chi connectivity index (χ4v) is 4.01. The highest BCUT2D eigenvalue weighted by Crippen LogP contribution is 2.31. The van der Waals surface area contributed by atoms with Gasteiger partial charge in [0.15, 0.2) is 5.13 Å². The van der Waals surface area contributed by atoms with Gasteiger partial charge in [0.2, 0.25) is 0 Å². The molecule has 3 aromatic rings. The van der Waals surface area contributed by atoms with E-state index in [2.05, 4.69) is 20.4 Å². The lowest BCUT2D eigenvalue weighted by atomic mass is 10.1. The summed E-state index contributed by atoms with van der Waals surface area (Å²) in [6.07, 6.45) is -5.19. The lowest BCUT2D eigenvalue weighted by Gasteiger charge is -2.29. The van der Waals surface area contributed by atoms with Crippen LogP contribution in [0.15, 0.2) is 42.5 Å². The van der Waals surface area contributed by atoms with Crippen LogP contribution in [0.3, 0.4) is 0 Å². The molecule has 0 radical (unpaired) electrons. The Morgan fingerprint density at radius 1 is 1.13 bits per heavy atom. The predicted octanol–water partition coefficient (Wildman–Crippen LogP) is 3.43. The number of thiazole rings is 1. The maximum atomic E-state index is 12.8. The number of aromatic nitrogens is 1. The van der Waals surface area contributed by atoms with Crippen LogP contribution in [-0.2, 0) is 4.79 Å². The molecule has 1 aliphatic heterocycles. The number of alkyl halides is 3. The molecule has 11 heteroatoms. The molecule has 2 aromatic carbocycles. The Balaban J connectivity index is 1.63. The number of amides is 1. The number of carbonyl (C=O) groups excluding carboxylic acids is 2. The zero-order chi connectivity index (χ0) is 22.0. The highest BCUT2D eigenvalue weighted by atomic mass is 32.1. The monoisotopic (exact) mass is 450 g/mol. The van der Waals surface area contributed by atoms with Crippen molar-refractivity contribution in [3.8, 4) is 5.75 Å². The number of esters is 1. The lowest BCUT2D eigenvalue weighted by molar-refractivity contribution is -0.189. The van der Waals surface area contributed by atoms with Gasteiger partial charge in [-0.25, -0.2) is 9.78 Å². The van der Waals surface area contributed by atoms with E-state index in [0.717, 1.165) is 4.70 Å². The number of benzene rings is 2. The van der Waals surface area contributed by atoms with Crippen LogP contribution in [0.25, 0.3) is 10.2 Å². The average molecular weight is 450 g/mol. The molecule has 0 saturated carbocycles. The lowest BCUT2D eigenvalue weighted by Crippen LogP contribution is -2.43. The second-order valence-electron chi connectivity index (χ2n) is 6.75. The molecular weight excluding hydrogens is 433 g/mol. The fourth-order valence-electron chi connectivity index (χ4n) is 3.15. The van der Waals surface area contributed by atoms with Crippen molar-refractivity contribution in [2.75, 3.05) is 36.4 Å². The summed E-state index contributed by atoms with van der Waals surface area (Å²) in [4.78, 5) is 30.5. The Morgan fingerprint density at radius 3 is 2.58 bits per heavy atom. The summed E-state index contributed by atoms with van der Waals surface area (Å²) in [5.74, 6) is -3.58. The molecule has 1 aliphatic rings. The van der Waals surface area contributed by atoms with Crippen LogP contribution in [0.2, 0.25) is 0 Å². The van der Waals surface area contributed by atoms with Crippen molar-refractivity contribution < 1.29 is 27.5 Å². The first-order chi connectivity index (χ1) is 14.8. The van der Waals surface area contributed by atoms with Crippen molar-refractivity contribution in [1.29, 1.82) is 0 Å². The van der Waals surface area contributed by atoms with Gasteiger partial charge in [0.05, 0.1) is 15.8 Å². The van der Waals surface area contributed by atoms with Gasteiger partial charge in [-0.05, 0) is 24.3 Å². The molecule has 0 atom stereocenters. The van der Waals surface area contributed by atoms with Crippen LogP contribution < -0.4 is 20.3 Å². The van der Waals surface area contributed by atoms with Gasteiger partial charge >= 0.3 is 12.1 Å². The number of nitrogens with zero attached hydrogens (tertiary/aromatic N) is 2. The molecule has 1 amide bonds. The standard InChI is InChI=1S/C20H17F3N4O3S/c21-20(22,23)18(29)30-15-11-12(27-9-7-24-8-10-27)5-6-13(15)17(28)26-19-25-14-3-1-2-4-16(14)31-19/h1-6,11,24H,7-10H2,(H,25,26,28). The van der Waals surface area contributed by atoms with Gasteiger partial charge in [0.1, 0.15) is 5.75 Å². The van der Waals surface area contributed by atoms with E-state index in [1.54, 1.807) is 18.2 Å². The molecule has 0 spiro atoms. The average Bonchev–Trinajstić information content (AvgIpc) is 3.15. The Bertz CT molecular complexity index is 1090. The summed E-state index contributed by atoms with van der Waals surface area (Å²) in [7, 11) is 0. The van der Waals surface area contributed by atoms with E-state index in [9.17, 15) is 22.8 Å². The third-order valence-electron chi connectivity index (χ3n) is 4.64. The predicted molar refractivity (Wildman–Crippen MR) is 111 cm³/mol. The first-order valence-corrected chi connectivity index (χ1v) is 10.2. The highest BCUT2D eigenvalue weighted by Gasteiger charge is 2.42. The highest BCUT2D eigenvalue weighted by molar-refractivity contribution is 7.22. The number of hydrogen-bond acceptors (Lipinski definition) is 7. The minimum Gasteiger partial charge on any atom is -0.419 e. The van der Waals surface area contributed by atoms with Crippen LogP contribution in [0, 0.1) is 0 Å². The zero-order valence-electron chi connectivity index (χ0n) is 16.0. The summed E-state index contributed by atoms with van der Waals surface area (Å²) in [5.41, 5.74) is 1.04. The Hall–Kier alpha value is -3.18. The van der Waals surface area contributed by atoms with Gasteiger partial charge in [0.25, 0.3) is 5.91 Å². The third-order valence-corrected chi connectivity index (χ3v) is 5.59. The normalized spacial score (nSPS) is 14.5. The van der Waals surface area contributed by atoms with E-state index in [1.807, 2.05) is 17.0 Å². The van der Waals surface area contributed by atoms with Crippen molar-refractivity contribution >= 4 is 44.2 Å². The van der Waals surface area contributed by atoms with E-state index < -0.39 is 23.8 Å². The molecule has 0 bridgehead atoms. The number of para-hydroxylation sites is 1. The van der Waals surface area contributed by atoms with Gasteiger partial charge < -0.3 is 15.0 Å². The van der Waals surface area contributed by atoms with E-state index in [1.165, 1.54) is 23.5 Å². The van der Waals surface area contributed by atoms with Gasteiger partial charge in [-0.1, -0.05) is 23.5 Å². The Morgan fingerprint density at radius 2 is 1.87 bits per heavy atom. The first-order valence-electron chi connectivity index (χ1n) is 9.37. The van der Waals surface area contributed by atoms with Crippen molar-refractivity contribution in [2.45, 2.75) is 6.18 Å². The van der Waals surface area contributed by atoms with E-state index in [4.69, 9.17) is 0 Å². The van der Waals surface area contributed by atoms with Crippen molar-refractivity contribution in [3.63, 3.8) is 0 Å². The molecule has 7 nitrogen and oxygen atoms in total. The van der Waals surface area contributed by atoms with Crippen LogP contribution in [0.1, 0.15) is 10.4 Å². The molecule has 0 aliphatic carbocycles. The molecule has 0 unspecified atom stereocenters. The number of rotatable bonds is 4. The first kappa shape index (κ1) is 21.1. The van der Waals surface area contributed by atoms with E-state index in [-0.39, 0.29) is 10.7 Å². The number of piperazine rings is 1. The number of fused-ring (bicyclic) bond motifs is 1. The quantitative estimate of drug-likeness (QED) is 0.468. The van der Waals surface area contributed by atoms with Crippen molar-refractivity contribution in [3.05, 3.63) is 48.0 Å². The molecular formula is C20H17F3N4O3S. The summed E-state index contributed by atoms with van der Waals surface area (Å²) < 4.78 is 43.8. The van der Waals surface area contributed by atoms with Crippen molar-refractivity contribution in [2.24, 2.45) is 0 Å². The molecule has 4 rings (SSSR count). The molecule has 2 heterocycles. The second-order valence-corrected chi connectivity index (χ2v) is 7.78. The minimum absolute atomic E-state index is 0.198. The topological polar surface area (TPSA) is 83.6 Å². The smallest absolute Gasteiger partial charge is 0.419 e. The Labute approximate surface area is 178 Å². The number of halogens is 3. The molecule has 1 aromatic heterocycles. The SMILES string of the molecule is O=C(Nc1nc2ccccc2s1)c1ccc(N2CCNCC2)cc1OC(=O)C(F)(F)F. The van der Waals surface area contributed by atoms with Gasteiger partial charge in [-0.3, -0.25) is 10.1 Å². The van der Waals surface area contributed by atoms with Crippen LogP contribution in [0.5, 0.6) is 5.75 Å². The second kappa shape index (κ2) is 8.52. The van der Waals surface area contributed by atoms with Crippen molar-refractivity contribution in [1.82, 2.24) is 10.3 Å². The molecule has 31 heavy (non-hydrogen) atoms. The molecule has 162 valence electrons. The molecule has 1 saturated heterocycles. The van der Waals surface area contributed by atoms with Crippen LogP contribution in [0.4, 0.5) is 24.0 Å². The number of ether oxygens (including phenoxy) is 1. The number of carbonyl (C=O) groups is 2.